The lowest BCUT2D eigenvalue weighted by Crippen LogP contribution is -2.53. The molecule has 1 fully saturated rings. The van der Waals surface area contributed by atoms with E-state index in [9.17, 15) is 35.9 Å². The highest BCUT2D eigenvalue weighted by Gasteiger charge is 2.46. The molecular formula is C33H27F8N3O4. The Hall–Kier alpha value is -4.79. The number of fused-ring (bicyclic) bond motifs is 1. The van der Waals surface area contributed by atoms with Crippen LogP contribution in [0, 0.1) is 18.6 Å². The van der Waals surface area contributed by atoms with Gasteiger partial charge in [-0.1, -0.05) is 36.4 Å². The summed E-state index contributed by atoms with van der Waals surface area (Å²) in [6, 6.07) is 7.92. The van der Waals surface area contributed by atoms with E-state index in [1.54, 1.807) is 24.3 Å². The van der Waals surface area contributed by atoms with Crippen LogP contribution in [0.15, 0.2) is 60.8 Å². The van der Waals surface area contributed by atoms with Gasteiger partial charge in [0.2, 0.25) is 0 Å². The zero-order chi connectivity index (χ0) is 35.0. The second-order valence-electron chi connectivity index (χ2n) is 11.0. The number of benzene rings is 3. The fourth-order valence-electron chi connectivity index (χ4n) is 5.78. The first kappa shape index (κ1) is 34.5. The fourth-order valence-corrected chi connectivity index (χ4v) is 5.78. The minimum absolute atomic E-state index is 0.0354. The molecule has 1 aliphatic rings. The van der Waals surface area contributed by atoms with Crippen LogP contribution in [0.1, 0.15) is 27.0 Å². The van der Waals surface area contributed by atoms with Crippen molar-refractivity contribution in [3.63, 3.8) is 0 Å². The van der Waals surface area contributed by atoms with Crippen molar-refractivity contribution in [3.05, 3.63) is 94.7 Å². The molecule has 254 valence electrons. The Balaban J connectivity index is 1.47. The van der Waals surface area contributed by atoms with Gasteiger partial charge in [0.05, 0.1) is 31.6 Å². The van der Waals surface area contributed by atoms with E-state index in [4.69, 9.17) is 9.47 Å². The van der Waals surface area contributed by atoms with E-state index in [-0.39, 0.29) is 36.4 Å². The largest absolute Gasteiger partial charge is 0.467 e. The monoisotopic (exact) mass is 681 g/mol. The normalized spacial score (nSPS) is 16.1. The molecular weight excluding hydrogens is 654 g/mol. The molecule has 0 aliphatic carbocycles. The van der Waals surface area contributed by atoms with E-state index in [2.05, 4.69) is 10.3 Å². The van der Waals surface area contributed by atoms with Crippen LogP contribution < -0.4 is 10.2 Å². The van der Waals surface area contributed by atoms with E-state index in [1.165, 1.54) is 31.3 Å². The van der Waals surface area contributed by atoms with Gasteiger partial charge in [0.25, 0.3) is 5.91 Å². The number of methoxy groups -OCH3 is 1. The first-order valence-corrected chi connectivity index (χ1v) is 14.4. The van der Waals surface area contributed by atoms with E-state index in [1.807, 2.05) is 0 Å². The predicted molar refractivity (Wildman–Crippen MR) is 158 cm³/mol. The summed E-state index contributed by atoms with van der Waals surface area (Å²) in [6.45, 7) is 0.120. The molecule has 2 heterocycles. The number of ether oxygens (including phenoxy) is 2. The molecule has 1 aromatic heterocycles. The average Bonchev–Trinajstić information content (AvgIpc) is 3.02. The number of carbonyl (C=O) groups excluding carboxylic acids is 2. The number of alkyl halides is 6. The van der Waals surface area contributed by atoms with Gasteiger partial charge in [0, 0.05) is 30.4 Å². The maximum Gasteiger partial charge on any atom is 0.418 e. The van der Waals surface area contributed by atoms with Gasteiger partial charge < -0.3 is 19.7 Å². The van der Waals surface area contributed by atoms with Gasteiger partial charge in [-0.15, -0.1) is 0 Å². The molecule has 0 saturated carbocycles. The van der Waals surface area contributed by atoms with Crippen molar-refractivity contribution in [2.45, 2.75) is 37.8 Å². The lowest BCUT2D eigenvalue weighted by Gasteiger charge is -2.38. The maximum absolute atomic E-state index is 15.2. The molecule has 5 rings (SSSR count). The predicted octanol–water partition coefficient (Wildman–Crippen LogP) is 6.79. The molecule has 48 heavy (non-hydrogen) atoms. The number of aromatic nitrogens is 1. The van der Waals surface area contributed by atoms with Gasteiger partial charge >= 0.3 is 18.3 Å². The number of nitrogens with zero attached hydrogens (tertiary/aromatic N) is 2. The molecule has 1 N–H and O–H groups in total. The summed E-state index contributed by atoms with van der Waals surface area (Å²) in [4.78, 5) is 30.7. The highest BCUT2D eigenvalue weighted by Crippen LogP contribution is 2.41. The topological polar surface area (TPSA) is 80.8 Å². The number of amides is 1. The van der Waals surface area contributed by atoms with Crippen molar-refractivity contribution in [1.29, 1.82) is 0 Å². The average molecular weight is 682 g/mol. The van der Waals surface area contributed by atoms with Crippen LogP contribution in [-0.4, -0.2) is 62.0 Å². The number of halogens is 8. The van der Waals surface area contributed by atoms with Crippen molar-refractivity contribution in [1.82, 2.24) is 10.3 Å². The summed E-state index contributed by atoms with van der Waals surface area (Å²) >= 11 is 0. The van der Waals surface area contributed by atoms with Crippen LogP contribution in [0.2, 0.25) is 0 Å². The third-order valence-corrected chi connectivity index (χ3v) is 8.02. The fraction of sp³-hybridized carbons (Fsp3) is 0.303. The second-order valence-corrected chi connectivity index (χ2v) is 11.0. The number of aryl methyl sites for hydroxylation is 1. The Labute approximate surface area is 268 Å². The first-order chi connectivity index (χ1) is 22.6. The molecule has 15 heteroatoms. The third-order valence-electron chi connectivity index (χ3n) is 8.02. The summed E-state index contributed by atoms with van der Waals surface area (Å²) in [6.07, 6.45) is -8.53. The molecule has 2 atom stereocenters. The standard InChI is InChI=1S/C33H27F8N3O4/c1-17-9-10-42-29(28(17)33(39,40)41)22-8-7-18(20-5-3-4-6-21(20)22)13-25(31(46)47-2)43-30(45)27-23(34)14-19(15-24(27)35)44-11-12-48-16-26(44)32(36,37)38/h3-10,14-15,25-26H,11-13,16H2,1-2H3,(H,43,45)/t25-,26+/m0/s1. The smallest absolute Gasteiger partial charge is 0.418 e. The Morgan fingerprint density at radius 3 is 2.31 bits per heavy atom. The molecule has 1 amide bonds. The van der Waals surface area contributed by atoms with Gasteiger partial charge in [-0.2, -0.15) is 26.3 Å². The third kappa shape index (κ3) is 6.91. The molecule has 4 aromatic rings. The summed E-state index contributed by atoms with van der Waals surface area (Å²) in [5.41, 5.74) is -2.34. The highest BCUT2D eigenvalue weighted by molar-refractivity contribution is 6.00. The number of rotatable bonds is 7. The minimum Gasteiger partial charge on any atom is -0.467 e. The van der Waals surface area contributed by atoms with Crippen molar-refractivity contribution in [3.8, 4) is 11.3 Å². The van der Waals surface area contributed by atoms with E-state index in [0.717, 1.165) is 12.0 Å². The van der Waals surface area contributed by atoms with Crippen LogP contribution in [0.25, 0.3) is 22.0 Å². The molecule has 1 saturated heterocycles. The number of esters is 1. The number of pyridine rings is 1. The SMILES string of the molecule is COC(=O)[C@H](Cc1ccc(-c2nccc(C)c2C(F)(F)F)c2ccccc12)NC(=O)c1c(F)cc(N2CCOC[C@@H]2C(F)(F)F)cc1F. The molecule has 0 spiro atoms. The van der Waals surface area contributed by atoms with Crippen molar-refractivity contribution < 1.29 is 54.2 Å². The quantitative estimate of drug-likeness (QED) is 0.171. The number of anilines is 1. The Morgan fingerprint density at radius 2 is 1.69 bits per heavy atom. The van der Waals surface area contributed by atoms with Gasteiger partial charge in [0.15, 0.2) is 0 Å². The first-order valence-electron chi connectivity index (χ1n) is 14.4. The number of hydrogen-bond acceptors (Lipinski definition) is 6. The summed E-state index contributed by atoms with van der Waals surface area (Å²) < 4.78 is 123. The van der Waals surface area contributed by atoms with Crippen molar-refractivity contribution in [2.24, 2.45) is 0 Å². The Kier molecular flexibility index (Phi) is 9.62. The van der Waals surface area contributed by atoms with Gasteiger partial charge in [-0.05, 0) is 47.0 Å². The van der Waals surface area contributed by atoms with Gasteiger partial charge in [-0.25, -0.2) is 13.6 Å². The maximum atomic E-state index is 15.2. The Morgan fingerprint density at radius 1 is 1.02 bits per heavy atom. The summed E-state index contributed by atoms with van der Waals surface area (Å²) in [5.74, 6) is -5.34. The van der Waals surface area contributed by atoms with Crippen LogP contribution in [0.3, 0.4) is 0 Å². The van der Waals surface area contributed by atoms with Crippen LogP contribution in [-0.2, 0) is 26.9 Å². The van der Waals surface area contributed by atoms with Crippen LogP contribution >= 0.6 is 0 Å². The van der Waals surface area contributed by atoms with E-state index < -0.39 is 71.4 Å². The minimum atomic E-state index is -4.77. The Bertz CT molecular complexity index is 1840. The summed E-state index contributed by atoms with van der Waals surface area (Å²) in [7, 11) is 1.01. The molecule has 0 unspecified atom stereocenters. The molecule has 3 aromatic carbocycles. The van der Waals surface area contributed by atoms with Gasteiger partial charge in [-0.3, -0.25) is 9.78 Å². The lowest BCUT2D eigenvalue weighted by molar-refractivity contribution is -0.167. The number of nitrogens with one attached hydrogen (secondary N) is 1. The molecule has 7 nitrogen and oxygen atoms in total. The van der Waals surface area contributed by atoms with Gasteiger partial charge in [0.1, 0.15) is 29.3 Å². The molecule has 0 bridgehead atoms. The summed E-state index contributed by atoms with van der Waals surface area (Å²) in [5, 5.41) is 2.98. The number of hydrogen-bond donors (Lipinski definition) is 1. The highest BCUT2D eigenvalue weighted by atomic mass is 19.4. The van der Waals surface area contributed by atoms with Crippen LogP contribution in [0.5, 0.6) is 0 Å². The van der Waals surface area contributed by atoms with Crippen molar-refractivity contribution >= 4 is 28.3 Å². The number of morpholine rings is 1. The van der Waals surface area contributed by atoms with E-state index in [0.29, 0.717) is 28.5 Å². The second kappa shape index (κ2) is 13.4. The van der Waals surface area contributed by atoms with E-state index >= 15 is 8.78 Å². The lowest BCUT2D eigenvalue weighted by atomic mass is 9.92. The van der Waals surface area contributed by atoms with Crippen LogP contribution in [0.4, 0.5) is 40.8 Å². The molecule has 1 aliphatic heterocycles. The zero-order valence-corrected chi connectivity index (χ0v) is 25.3. The zero-order valence-electron chi connectivity index (χ0n) is 25.3. The molecule has 0 radical (unpaired) electrons. The number of carbonyl (C=O) groups is 2. The van der Waals surface area contributed by atoms with Crippen molar-refractivity contribution in [2.75, 3.05) is 31.8 Å².